The van der Waals surface area contributed by atoms with E-state index in [1.54, 1.807) is 10.8 Å². The lowest BCUT2D eigenvalue weighted by Crippen LogP contribution is -2.37. The largest absolute Gasteiger partial charge is 0.503 e. The van der Waals surface area contributed by atoms with Crippen LogP contribution in [0.1, 0.15) is 36.8 Å². The van der Waals surface area contributed by atoms with E-state index in [-0.39, 0.29) is 25.0 Å². The van der Waals surface area contributed by atoms with E-state index in [2.05, 4.69) is 0 Å². The minimum Gasteiger partial charge on any atom is -0.503 e. The molecule has 162 valence electrons. The van der Waals surface area contributed by atoms with E-state index in [0.717, 1.165) is 0 Å². The second kappa shape index (κ2) is 11.3. The van der Waals surface area contributed by atoms with E-state index in [4.69, 9.17) is 32.5 Å². The summed E-state index contributed by atoms with van der Waals surface area (Å²) in [5.74, 6) is -3.59. The fraction of sp³-hybridized carbons (Fsp3) is 0.556. The Balaban J connectivity index is 2.94. The van der Waals surface area contributed by atoms with Gasteiger partial charge in [0.25, 0.3) is 0 Å². The van der Waals surface area contributed by atoms with Gasteiger partial charge in [-0.1, -0.05) is 0 Å². The number of carboxylic acids is 3. The fourth-order valence-corrected chi connectivity index (χ4v) is 2.82. The molecule has 0 aliphatic heterocycles. The summed E-state index contributed by atoms with van der Waals surface area (Å²) in [5.41, 5.74) is 17.5. The highest BCUT2D eigenvalue weighted by molar-refractivity contribution is 5.74. The average Bonchev–Trinajstić information content (AvgIpc) is 2.64. The van der Waals surface area contributed by atoms with Crippen molar-refractivity contribution in [3.05, 3.63) is 23.5 Å². The van der Waals surface area contributed by atoms with Crippen LogP contribution in [0.15, 0.2) is 12.4 Å². The van der Waals surface area contributed by atoms with Crippen LogP contribution in [0.4, 0.5) is 0 Å². The fourth-order valence-electron chi connectivity index (χ4n) is 2.82. The zero-order valence-corrected chi connectivity index (χ0v) is 16.0. The van der Waals surface area contributed by atoms with Gasteiger partial charge in [0, 0.05) is 24.0 Å². The van der Waals surface area contributed by atoms with Crippen LogP contribution in [0.25, 0.3) is 0 Å². The Morgan fingerprint density at radius 2 is 1.41 bits per heavy atom. The summed E-state index contributed by atoms with van der Waals surface area (Å²) in [4.78, 5) is 32.8. The molecule has 0 fully saturated rings. The molecule has 1 aromatic rings. The highest BCUT2D eigenvalue weighted by Gasteiger charge is 2.23. The molecule has 0 spiro atoms. The second-order valence-electron chi connectivity index (χ2n) is 6.96. The Labute approximate surface area is 167 Å². The van der Waals surface area contributed by atoms with Gasteiger partial charge in [-0.2, -0.15) is 0 Å². The molecule has 0 amide bonds. The Morgan fingerprint density at radius 1 is 0.862 bits per heavy atom. The van der Waals surface area contributed by atoms with Crippen LogP contribution in [-0.2, 0) is 33.8 Å². The van der Waals surface area contributed by atoms with Crippen LogP contribution < -0.4 is 21.8 Å². The maximum Gasteiger partial charge on any atom is 0.320 e. The Hall–Kier alpha value is -2.76. The number of aryl methyl sites for hydroxylation is 2. The van der Waals surface area contributed by atoms with Crippen molar-refractivity contribution in [3.8, 4) is 5.75 Å². The van der Waals surface area contributed by atoms with Crippen LogP contribution in [-0.4, -0.2) is 56.5 Å². The third kappa shape index (κ3) is 8.02. The molecule has 0 bridgehead atoms. The van der Waals surface area contributed by atoms with Gasteiger partial charge in [0.1, 0.15) is 24.7 Å². The van der Waals surface area contributed by atoms with Gasteiger partial charge >= 0.3 is 17.9 Å². The Bertz CT molecular complexity index is 741. The van der Waals surface area contributed by atoms with Gasteiger partial charge in [0.05, 0.1) is 0 Å². The van der Waals surface area contributed by atoms with Crippen LogP contribution in [0.2, 0.25) is 0 Å². The second-order valence-corrected chi connectivity index (χ2v) is 6.96. The zero-order chi connectivity index (χ0) is 22.1. The molecule has 0 radical (unpaired) electrons. The lowest BCUT2D eigenvalue weighted by atomic mass is 9.96. The van der Waals surface area contributed by atoms with Crippen LogP contribution >= 0.6 is 0 Å². The standard InChI is InChI=1S/C18H28N4O7/c19-12(16(24)25)3-1-2-6-22-8-10(4-5-13(20)17(26)27)11(15(23)9-22)7-14(21)18(28)29/h8-9,12-14H,1-7,19-21H2,(H3-,23,24,25,26,27,28,29)/p+1/t12-,13-,14-/m1/s1. The molecule has 11 nitrogen and oxygen atoms in total. The molecule has 1 heterocycles. The molecule has 0 unspecified atom stereocenters. The molecule has 0 aliphatic carbocycles. The number of pyridine rings is 1. The van der Waals surface area contributed by atoms with Crippen molar-refractivity contribution in [1.29, 1.82) is 0 Å². The van der Waals surface area contributed by atoms with Gasteiger partial charge in [-0.3, -0.25) is 14.4 Å². The smallest absolute Gasteiger partial charge is 0.320 e. The number of carbonyl (C=O) groups is 3. The number of rotatable bonds is 13. The molecule has 0 saturated carbocycles. The van der Waals surface area contributed by atoms with E-state index in [0.29, 0.717) is 36.9 Å². The molecule has 0 aromatic carbocycles. The molecule has 3 atom stereocenters. The first kappa shape index (κ1) is 24.3. The van der Waals surface area contributed by atoms with E-state index in [9.17, 15) is 19.5 Å². The molecule has 1 aromatic heterocycles. The van der Waals surface area contributed by atoms with Gasteiger partial charge in [0.15, 0.2) is 11.9 Å². The van der Waals surface area contributed by atoms with Crippen molar-refractivity contribution >= 4 is 17.9 Å². The number of aromatic nitrogens is 1. The molecule has 0 saturated heterocycles. The Kier molecular flexibility index (Phi) is 9.45. The first-order valence-corrected chi connectivity index (χ1v) is 9.21. The normalized spacial score (nSPS) is 14.2. The van der Waals surface area contributed by atoms with Gasteiger partial charge in [0.2, 0.25) is 6.20 Å². The topological polar surface area (TPSA) is 214 Å². The highest BCUT2D eigenvalue weighted by atomic mass is 16.4. The van der Waals surface area contributed by atoms with Crippen LogP contribution in [0.5, 0.6) is 5.75 Å². The number of nitrogens with two attached hydrogens (primary N) is 3. The maximum atomic E-state index is 11.1. The van der Waals surface area contributed by atoms with Crippen molar-refractivity contribution in [2.45, 2.75) is 63.2 Å². The van der Waals surface area contributed by atoms with E-state index in [1.165, 1.54) is 6.20 Å². The first-order valence-electron chi connectivity index (χ1n) is 9.21. The number of hydrogen-bond donors (Lipinski definition) is 7. The molecule has 29 heavy (non-hydrogen) atoms. The van der Waals surface area contributed by atoms with Crippen molar-refractivity contribution in [1.82, 2.24) is 0 Å². The summed E-state index contributed by atoms with van der Waals surface area (Å²) in [7, 11) is 0. The summed E-state index contributed by atoms with van der Waals surface area (Å²) >= 11 is 0. The summed E-state index contributed by atoms with van der Waals surface area (Å²) in [5, 5.41) is 37.2. The summed E-state index contributed by atoms with van der Waals surface area (Å²) in [6.07, 6.45) is 4.80. The van der Waals surface area contributed by atoms with E-state index in [1.807, 2.05) is 0 Å². The van der Waals surface area contributed by atoms with Crippen molar-refractivity contribution in [3.63, 3.8) is 0 Å². The summed E-state index contributed by atoms with van der Waals surface area (Å²) in [6, 6.07) is -3.24. The predicted molar refractivity (Wildman–Crippen MR) is 101 cm³/mol. The SMILES string of the molecule is N[C@H](CCCC[n+]1cc(O)c(C[C@@H](N)C(=O)O)c(CC[C@@H](N)C(=O)O)c1)C(=O)O. The quantitative estimate of drug-likeness (QED) is 0.148. The van der Waals surface area contributed by atoms with E-state index >= 15 is 0 Å². The lowest BCUT2D eigenvalue weighted by molar-refractivity contribution is -0.698. The number of hydrogen-bond acceptors (Lipinski definition) is 7. The molecule has 11 heteroatoms. The van der Waals surface area contributed by atoms with Crippen LogP contribution in [0, 0.1) is 0 Å². The first-order chi connectivity index (χ1) is 13.5. The third-order valence-corrected chi connectivity index (χ3v) is 4.59. The van der Waals surface area contributed by atoms with Gasteiger partial charge in [-0.25, -0.2) is 4.57 Å². The predicted octanol–water partition coefficient (Wildman–Crippen LogP) is -1.44. The minimum atomic E-state index is -1.22. The van der Waals surface area contributed by atoms with Crippen LogP contribution in [0.3, 0.4) is 0 Å². The molecular formula is C18H29N4O7+. The number of carboxylic acid groups (broad SMARTS) is 3. The van der Waals surface area contributed by atoms with Gasteiger partial charge < -0.3 is 37.6 Å². The maximum absolute atomic E-state index is 11.1. The summed E-state index contributed by atoms with van der Waals surface area (Å²) in [6.45, 7) is 0.461. The molecule has 1 rings (SSSR count). The van der Waals surface area contributed by atoms with Gasteiger partial charge in [-0.05, 0) is 25.7 Å². The number of aliphatic carboxylic acids is 3. The van der Waals surface area contributed by atoms with Crippen molar-refractivity contribution in [2.75, 3.05) is 0 Å². The van der Waals surface area contributed by atoms with E-state index < -0.39 is 36.0 Å². The minimum absolute atomic E-state index is 0.0988. The zero-order valence-electron chi connectivity index (χ0n) is 16.0. The highest BCUT2D eigenvalue weighted by Crippen LogP contribution is 2.22. The molecule has 10 N–H and O–H groups in total. The van der Waals surface area contributed by atoms with Gasteiger partial charge in [-0.15, -0.1) is 0 Å². The summed E-state index contributed by atoms with van der Waals surface area (Å²) < 4.78 is 1.68. The number of unbranched alkanes of at least 4 members (excludes halogenated alkanes) is 1. The molecular weight excluding hydrogens is 384 g/mol. The molecule has 0 aliphatic rings. The third-order valence-electron chi connectivity index (χ3n) is 4.59. The van der Waals surface area contributed by atoms with Crippen molar-refractivity contribution in [2.24, 2.45) is 17.2 Å². The Morgan fingerprint density at radius 3 is 1.97 bits per heavy atom. The number of aromatic hydroxyl groups is 1. The average molecular weight is 413 g/mol. The van der Waals surface area contributed by atoms with Crippen molar-refractivity contribution < 1.29 is 39.4 Å². The number of nitrogens with zero attached hydrogens (tertiary/aromatic N) is 1. The monoisotopic (exact) mass is 413 g/mol. The lowest BCUT2D eigenvalue weighted by Gasteiger charge is -2.14.